The Morgan fingerprint density at radius 1 is 1.32 bits per heavy atom. The maximum atomic E-state index is 12.7. The Balaban J connectivity index is 1.73. The molecule has 0 saturated heterocycles. The molecule has 1 aromatic heterocycles. The van der Waals surface area contributed by atoms with E-state index in [1.165, 1.54) is 11.8 Å². The molecule has 2 heterocycles. The Morgan fingerprint density at radius 2 is 2.08 bits per heavy atom. The number of ether oxygens (including phenoxy) is 1. The lowest BCUT2D eigenvalue weighted by Crippen LogP contribution is -2.25. The monoisotopic (exact) mass is 361 g/mol. The summed E-state index contributed by atoms with van der Waals surface area (Å²) in [5.41, 5.74) is 0.752. The molecule has 1 atom stereocenters. The van der Waals surface area contributed by atoms with E-state index in [0.717, 1.165) is 0 Å². The maximum absolute atomic E-state index is 12.7. The summed E-state index contributed by atoms with van der Waals surface area (Å²) < 4.78 is 10.9. The van der Waals surface area contributed by atoms with Crippen LogP contribution in [0.5, 0.6) is 5.75 Å². The second-order valence-electron chi connectivity index (χ2n) is 6.80. The number of hydrogen-bond donors (Lipinski definition) is 1. The van der Waals surface area contributed by atoms with Crippen LogP contribution in [0.3, 0.4) is 0 Å². The van der Waals surface area contributed by atoms with Crippen molar-refractivity contribution in [2.45, 2.75) is 43.6 Å². The Labute approximate surface area is 149 Å². The molecule has 0 radical (unpaired) electrons. The number of benzene rings is 1. The van der Waals surface area contributed by atoms with E-state index in [4.69, 9.17) is 9.15 Å². The topological polar surface area (TPSA) is 94.3 Å². The second-order valence-corrected chi connectivity index (χ2v) is 8.09. The highest BCUT2D eigenvalue weighted by Crippen LogP contribution is 2.32. The number of carbonyl (C=O) groups is 2. The lowest BCUT2D eigenvalue weighted by atomic mass is 9.97. The molecule has 0 aliphatic carbocycles. The number of nitrogens with one attached hydrogen (secondary N) is 1. The van der Waals surface area contributed by atoms with Crippen molar-refractivity contribution >= 4 is 29.1 Å². The average Bonchev–Trinajstić information content (AvgIpc) is 3.02. The van der Waals surface area contributed by atoms with Gasteiger partial charge in [0.25, 0.3) is 11.1 Å². The van der Waals surface area contributed by atoms with Crippen molar-refractivity contribution in [1.82, 2.24) is 10.2 Å². The van der Waals surface area contributed by atoms with Crippen LogP contribution in [0.4, 0.5) is 5.69 Å². The molecule has 0 saturated carbocycles. The molecule has 132 valence electrons. The fourth-order valence-corrected chi connectivity index (χ4v) is 3.00. The van der Waals surface area contributed by atoms with Gasteiger partial charge in [-0.05, 0) is 25.1 Å². The number of aromatic nitrogens is 2. The van der Waals surface area contributed by atoms with Crippen molar-refractivity contribution in [3.8, 4) is 5.75 Å². The third-order valence-corrected chi connectivity index (χ3v) is 4.53. The number of fused-ring (bicyclic) bond motifs is 1. The smallest absolute Gasteiger partial charge is 0.277 e. The quantitative estimate of drug-likeness (QED) is 0.660. The molecule has 7 nitrogen and oxygen atoms in total. The van der Waals surface area contributed by atoms with Crippen LogP contribution in [0, 0.1) is 0 Å². The molecule has 25 heavy (non-hydrogen) atoms. The number of Topliss-reactive ketones (excluding diaryl/α,β-unsaturated/α-hetero) is 1. The summed E-state index contributed by atoms with van der Waals surface area (Å²) in [5, 5.41) is 10.7. The largest absolute Gasteiger partial charge is 0.482 e. The van der Waals surface area contributed by atoms with Crippen molar-refractivity contribution < 1.29 is 18.7 Å². The van der Waals surface area contributed by atoms with Gasteiger partial charge in [0.1, 0.15) is 5.75 Å². The normalized spacial score (nSPS) is 15.1. The minimum absolute atomic E-state index is 0.0141. The summed E-state index contributed by atoms with van der Waals surface area (Å²) in [5.74, 6) is 0.759. The van der Waals surface area contributed by atoms with Gasteiger partial charge in [-0.15, -0.1) is 10.2 Å². The van der Waals surface area contributed by atoms with Crippen LogP contribution < -0.4 is 10.1 Å². The molecule has 1 aliphatic rings. The van der Waals surface area contributed by atoms with Gasteiger partial charge in [0.05, 0.1) is 10.9 Å². The average molecular weight is 361 g/mol. The number of anilines is 1. The van der Waals surface area contributed by atoms with Crippen molar-refractivity contribution in [3.63, 3.8) is 0 Å². The zero-order valence-corrected chi connectivity index (χ0v) is 15.3. The maximum Gasteiger partial charge on any atom is 0.277 e. The number of rotatable bonds is 4. The van der Waals surface area contributed by atoms with Crippen LogP contribution in [0.2, 0.25) is 0 Å². The van der Waals surface area contributed by atoms with Gasteiger partial charge in [-0.1, -0.05) is 32.5 Å². The predicted molar refractivity (Wildman–Crippen MR) is 93.2 cm³/mol. The van der Waals surface area contributed by atoms with E-state index in [2.05, 4.69) is 15.5 Å². The first-order valence-electron chi connectivity index (χ1n) is 7.85. The Bertz CT molecular complexity index is 826. The van der Waals surface area contributed by atoms with Crippen LogP contribution in [0.25, 0.3) is 0 Å². The first-order chi connectivity index (χ1) is 11.7. The Morgan fingerprint density at radius 3 is 2.76 bits per heavy atom. The minimum Gasteiger partial charge on any atom is -0.482 e. The van der Waals surface area contributed by atoms with Gasteiger partial charge in [-0.2, -0.15) is 0 Å². The highest BCUT2D eigenvalue weighted by molar-refractivity contribution is 8.00. The molecule has 2 aromatic rings. The van der Waals surface area contributed by atoms with Crippen molar-refractivity contribution in [1.29, 1.82) is 0 Å². The van der Waals surface area contributed by atoms with Crippen LogP contribution in [0.15, 0.2) is 27.8 Å². The van der Waals surface area contributed by atoms with Gasteiger partial charge in [0.15, 0.2) is 12.4 Å². The zero-order chi connectivity index (χ0) is 18.2. The highest BCUT2D eigenvalue weighted by atomic mass is 32.2. The number of nitrogens with zero attached hydrogens (tertiary/aromatic N) is 2. The van der Waals surface area contributed by atoms with Crippen LogP contribution >= 0.6 is 11.8 Å². The molecular weight excluding hydrogens is 342 g/mol. The molecule has 0 fully saturated rings. The molecule has 1 aliphatic heterocycles. The van der Waals surface area contributed by atoms with Gasteiger partial charge < -0.3 is 14.5 Å². The first-order valence-corrected chi connectivity index (χ1v) is 8.73. The lowest BCUT2D eigenvalue weighted by Gasteiger charge is -2.18. The number of carbonyl (C=O) groups excluding carboxylic acids is 2. The van der Waals surface area contributed by atoms with E-state index in [-0.39, 0.29) is 23.7 Å². The molecule has 1 unspecified atom stereocenters. The van der Waals surface area contributed by atoms with Gasteiger partial charge >= 0.3 is 0 Å². The predicted octanol–water partition coefficient (Wildman–Crippen LogP) is 3.06. The molecule has 1 amide bonds. The third-order valence-electron chi connectivity index (χ3n) is 3.59. The summed E-state index contributed by atoms with van der Waals surface area (Å²) in [4.78, 5) is 24.1. The van der Waals surface area contributed by atoms with E-state index in [1.54, 1.807) is 25.1 Å². The summed E-state index contributed by atoms with van der Waals surface area (Å²) in [6.07, 6.45) is 0. The Hall–Kier alpha value is -2.35. The van der Waals surface area contributed by atoms with E-state index in [9.17, 15) is 9.59 Å². The number of thioether (sulfide) groups is 1. The zero-order valence-electron chi connectivity index (χ0n) is 14.5. The van der Waals surface area contributed by atoms with Crippen LogP contribution in [-0.4, -0.2) is 33.7 Å². The van der Waals surface area contributed by atoms with Gasteiger partial charge in [0, 0.05) is 11.0 Å². The second kappa shape index (κ2) is 6.51. The van der Waals surface area contributed by atoms with E-state index in [1.807, 2.05) is 20.8 Å². The summed E-state index contributed by atoms with van der Waals surface area (Å²) in [7, 11) is 0. The van der Waals surface area contributed by atoms with E-state index < -0.39 is 5.25 Å². The number of hydrogen-bond acceptors (Lipinski definition) is 7. The summed E-state index contributed by atoms with van der Waals surface area (Å²) in [6, 6.07) is 4.99. The standard InChI is InChI=1S/C17H19N3O4S/c1-9(25-16-20-19-15(24-16)17(2,3)4)14(22)10-5-6-12-11(7-10)18-13(21)8-23-12/h5-7,9H,8H2,1-4H3,(H,18,21). The fraction of sp³-hybridized carbons (Fsp3) is 0.412. The fourth-order valence-electron chi connectivity index (χ4n) is 2.24. The number of amides is 1. The Kier molecular flexibility index (Phi) is 4.55. The van der Waals surface area contributed by atoms with Gasteiger partial charge in [-0.25, -0.2) is 0 Å². The van der Waals surface area contributed by atoms with Crippen LogP contribution in [-0.2, 0) is 10.2 Å². The molecular formula is C17H19N3O4S. The first kappa shape index (κ1) is 17.5. The van der Waals surface area contributed by atoms with E-state index in [0.29, 0.717) is 28.1 Å². The number of ketones is 1. The summed E-state index contributed by atoms with van der Waals surface area (Å²) in [6.45, 7) is 7.70. The lowest BCUT2D eigenvalue weighted by molar-refractivity contribution is -0.118. The van der Waals surface area contributed by atoms with Gasteiger partial charge in [-0.3, -0.25) is 9.59 Å². The van der Waals surface area contributed by atoms with Crippen LogP contribution in [0.1, 0.15) is 43.9 Å². The van der Waals surface area contributed by atoms with E-state index >= 15 is 0 Å². The molecule has 8 heteroatoms. The minimum atomic E-state index is -0.411. The highest BCUT2D eigenvalue weighted by Gasteiger charge is 2.25. The van der Waals surface area contributed by atoms with Crippen molar-refractivity contribution in [2.24, 2.45) is 0 Å². The summed E-state index contributed by atoms with van der Waals surface area (Å²) >= 11 is 1.21. The molecule has 0 spiro atoms. The SMILES string of the molecule is CC(Sc1nnc(C(C)(C)C)o1)C(=O)c1ccc2c(c1)NC(=O)CO2. The van der Waals surface area contributed by atoms with Crippen molar-refractivity contribution in [2.75, 3.05) is 11.9 Å². The molecule has 1 aromatic carbocycles. The third kappa shape index (κ3) is 3.84. The van der Waals surface area contributed by atoms with Gasteiger partial charge in [0.2, 0.25) is 5.89 Å². The molecule has 3 rings (SSSR count). The van der Waals surface area contributed by atoms with Crippen molar-refractivity contribution in [3.05, 3.63) is 29.7 Å². The molecule has 1 N–H and O–H groups in total. The molecule has 0 bridgehead atoms.